The molecular formula is C14H22N4O2. The van der Waals surface area contributed by atoms with Gasteiger partial charge in [0, 0.05) is 37.7 Å². The number of rotatable bonds is 3. The van der Waals surface area contributed by atoms with Crippen LogP contribution in [-0.2, 0) is 6.54 Å². The summed E-state index contributed by atoms with van der Waals surface area (Å²) in [5.74, 6) is 1.49. The molecule has 2 N–H and O–H groups in total. The fourth-order valence-electron chi connectivity index (χ4n) is 3.47. The molecule has 0 spiro atoms. The number of aromatic nitrogens is 2. The summed E-state index contributed by atoms with van der Waals surface area (Å²) >= 11 is 0. The van der Waals surface area contributed by atoms with Crippen molar-refractivity contribution >= 4 is 11.9 Å². The first kappa shape index (κ1) is 13.3. The van der Waals surface area contributed by atoms with Crippen LogP contribution < -0.4 is 10.2 Å². The van der Waals surface area contributed by atoms with Crippen molar-refractivity contribution in [2.45, 2.75) is 44.7 Å². The van der Waals surface area contributed by atoms with Gasteiger partial charge in [0.05, 0.1) is 6.20 Å². The summed E-state index contributed by atoms with van der Waals surface area (Å²) in [6.07, 6.45) is 7.32. The van der Waals surface area contributed by atoms with Crippen molar-refractivity contribution in [3.63, 3.8) is 0 Å². The summed E-state index contributed by atoms with van der Waals surface area (Å²) in [7, 11) is 0. The number of hydrogen-bond donors (Lipinski definition) is 2. The Hall–Kier alpha value is -1.72. The molecule has 6 nitrogen and oxygen atoms in total. The Morgan fingerprint density at radius 1 is 1.35 bits per heavy atom. The third-order valence-electron chi connectivity index (χ3n) is 4.43. The van der Waals surface area contributed by atoms with Crippen LogP contribution in [0.2, 0.25) is 0 Å². The average Bonchev–Trinajstić information content (AvgIpc) is 2.93. The summed E-state index contributed by atoms with van der Waals surface area (Å²) in [6.45, 7) is 2.22. The Bertz CT molecular complexity index is 467. The van der Waals surface area contributed by atoms with E-state index >= 15 is 0 Å². The molecule has 6 heteroatoms. The second-order valence-corrected chi connectivity index (χ2v) is 5.87. The molecule has 0 saturated heterocycles. The fourth-order valence-corrected chi connectivity index (χ4v) is 3.47. The van der Waals surface area contributed by atoms with E-state index in [1.807, 2.05) is 10.9 Å². The molecule has 1 atom stereocenters. The number of carboxylic acid groups (broad SMARTS) is 1. The quantitative estimate of drug-likeness (QED) is 0.886. The van der Waals surface area contributed by atoms with E-state index in [4.69, 9.17) is 5.11 Å². The lowest BCUT2D eigenvalue weighted by atomic mass is 9.92. The molecule has 110 valence electrons. The molecule has 0 aromatic carbocycles. The molecule has 1 aromatic heterocycles. The highest BCUT2D eigenvalue weighted by Crippen LogP contribution is 2.31. The first-order chi connectivity index (χ1) is 9.74. The van der Waals surface area contributed by atoms with Gasteiger partial charge in [0.1, 0.15) is 5.82 Å². The van der Waals surface area contributed by atoms with Crippen molar-refractivity contribution in [1.29, 1.82) is 0 Å². The van der Waals surface area contributed by atoms with Crippen LogP contribution in [0.25, 0.3) is 0 Å². The maximum Gasteiger partial charge on any atom is 0.404 e. The van der Waals surface area contributed by atoms with Crippen LogP contribution >= 0.6 is 0 Å². The number of nitrogens with one attached hydrogen (secondary N) is 1. The maximum absolute atomic E-state index is 10.7. The van der Waals surface area contributed by atoms with Crippen LogP contribution in [0.4, 0.5) is 10.6 Å². The van der Waals surface area contributed by atoms with Gasteiger partial charge in [-0.25, -0.2) is 9.48 Å². The monoisotopic (exact) mass is 278 g/mol. The minimum absolute atomic E-state index is 0.292. The van der Waals surface area contributed by atoms with E-state index in [1.165, 1.54) is 37.9 Å². The molecule has 0 radical (unpaired) electrons. The summed E-state index contributed by atoms with van der Waals surface area (Å²) in [5, 5.41) is 15.7. The zero-order chi connectivity index (χ0) is 13.9. The minimum Gasteiger partial charge on any atom is -0.465 e. The highest BCUT2D eigenvalue weighted by atomic mass is 16.4. The number of carbonyl (C=O) groups is 1. The third kappa shape index (κ3) is 2.73. The molecule has 1 aromatic rings. The molecule has 1 aliphatic carbocycles. The van der Waals surface area contributed by atoms with Crippen molar-refractivity contribution in [3.8, 4) is 0 Å². The van der Waals surface area contributed by atoms with Crippen molar-refractivity contribution in [3.05, 3.63) is 12.3 Å². The van der Waals surface area contributed by atoms with Crippen LogP contribution in [0, 0.1) is 5.92 Å². The second kappa shape index (κ2) is 5.73. The van der Waals surface area contributed by atoms with Crippen molar-refractivity contribution < 1.29 is 9.90 Å². The van der Waals surface area contributed by atoms with E-state index in [2.05, 4.69) is 21.4 Å². The molecule has 1 amide bonds. The number of amides is 1. The van der Waals surface area contributed by atoms with E-state index < -0.39 is 6.09 Å². The number of anilines is 1. The minimum atomic E-state index is -0.944. The Balaban J connectivity index is 1.73. The maximum atomic E-state index is 10.7. The molecule has 2 heterocycles. The van der Waals surface area contributed by atoms with Crippen molar-refractivity contribution in [2.75, 3.05) is 18.0 Å². The van der Waals surface area contributed by atoms with Gasteiger partial charge in [-0.1, -0.05) is 19.3 Å². The second-order valence-electron chi connectivity index (χ2n) is 5.87. The van der Waals surface area contributed by atoms with E-state index in [1.54, 1.807) is 0 Å². The van der Waals surface area contributed by atoms with Gasteiger partial charge in [0.25, 0.3) is 0 Å². The van der Waals surface area contributed by atoms with Gasteiger partial charge < -0.3 is 15.3 Å². The molecule has 1 aliphatic heterocycles. The summed E-state index contributed by atoms with van der Waals surface area (Å²) in [6, 6.07) is 2.67. The normalized spacial score (nSPS) is 23.4. The Labute approximate surface area is 118 Å². The van der Waals surface area contributed by atoms with E-state index in [0.717, 1.165) is 13.1 Å². The number of hydrogen-bond acceptors (Lipinski definition) is 3. The summed E-state index contributed by atoms with van der Waals surface area (Å²) in [4.78, 5) is 13.1. The predicted octanol–water partition coefficient (Wildman–Crippen LogP) is 1.92. The lowest BCUT2D eigenvalue weighted by Crippen LogP contribution is -2.48. The van der Waals surface area contributed by atoms with E-state index in [9.17, 15) is 4.79 Å². The third-order valence-corrected chi connectivity index (χ3v) is 4.43. The Morgan fingerprint density at radius 3 is 2.90 bits per heavy atom. The standard InChI is InChI=1S/C14H22N4O2/c19-14(20)15-8-11-9-17(12-4-2-1-3-5-12)13-6-7-16-18(13)10-11/h6-7,11-12,15H,1-5,8-10H2,(H,19,20). The van der Waals surface area contributed by atoms with Crippen LogP contribution in [0.5, 0.6) is 0 Å². The van der Waals surface area contributed by atoms with Gasteiger partial charge in [0.15, 0.2) is 0 Å². The average molecular weight is 278 g/mol. The van der Waals surface area contributed by atoms with Gasteiger partial charge in [-0.05, 0) is 12.8 Å². The van der Waals surface area contributed by atoms with Crippen molar-refractivity contribution in [1.82, 2.24) is 15.1 Å². The lowest BCUT2D eigenvalue weighted by molar-refractivity contribution is 0.190. The first-order valence-electron chi connectivity index (χ1n) is 7.49. The van der Waals surface area contributed by atoms with Gasteiger partial charge >= 0.3 is 6.09 Å². The van der Waals surface area contributed by atoms with E-state index in [0.29, 0.717) is 18.5 Å². The van der Waals surface area contributed by atoms with E-state index in [-0.39, 0.29) is 0 Å². The molecular weight excluding hydrogens is 256 g/mol. The molecule has 1 saturated carbocycles. The molecule has 1 fully saturated rings. The van der Waals surface area contributed by atoms with Crippen LogP contribution in [0.15, 0.2) is 12.3 Å². The van der Waals surface area contributed by atoms with Gasteiger partial charge in [0.2, 0.25) is 0 Å². The molecule has 20 heavy (non-hydrogen) atoms. The van der Waals surface area contributed by atoms with Crippen LogP contribution in [0.1, 0.15) is 32.1 Å². The van der Waals surface area contributed by atoms with Crippen LogP contribution in [-0.4, -0.2) is 40.1 Å². The van der Waals surface area contributed by atoms with Crippen molar-refractivity contribution in [2.24, 2.45) is 5.92 Å². The molecule has 0 bridgehead atoms. The SMILES string of the molecule is O=C(O)NCC1CN(C2CCCCC2)c2ccnn2C1. The molecule has 3 rings (SSSR count). The first-order valence-corrected chi connectivity index (χ1v) is 7.49. The predicted molar refractivity (Wildman–Crippen MR) is 76.0 cm³/mol. The number of fused-ring (bicyclic) bond motifs is 1. The Kier molecular flexibility index (Phi) is 3.80. The molecule has 2 aliphatic rings. The topological polar surface area (TPSA) is 70.4 Å². The summed E-state index contributed by atoms with van der Waals surface area (Å²) in [5.41, 5.74) is 0. The smallest absolute Gasteiger partial charge is 0.404 e. The zero-order valence-corrected chi connectivity index (χ0v) is 11.7. The van der Waals surface area contributed by atoms with Gasteiger partial charge in [-0.2, -0.15) is 5.10 Å². The highest BCUT2D eigenvalue weighted by Gasteiger charge is 2.30. The summed E-state index contributed by atoms with van der Waals surface area (Å²) < 4.78 is 2.02. The molecule has 1 unspecified atom stereocenters. The zero-order valence-electron chi connectivity index (χ0n) is 11.7. The van der Waals surface area contributed by atoms with Crippen LogP contribution in [0.3, 0.4) is 0 Å². The highest BCUT2D eigenvalue weighted by molar-refractivity contribution is 5.64. The Morgan fingerprint density at radius 2 is 2.15 bits per heavy atom. The fraction of sp³-hybridized carbons (Fsp3) is 0.714. The van der Waals surface area contributed by atoms with Gasteiger partial charge in [-0.3, -0.25) is 0 Å². The largest absolute Gasteiger partial charge is 0.465 e. The lowest BCUT2D eigenvalue weighted by Gasteiger charge is -2.41. The number of nitrogens with zero attached hydrogens (tertiary/aromatic N) is 3. The van der Waals surface area contributed by atoms with Gasteiger partial charge in [-0.15, -0.1) is 0 Å².